The molecule has 592 valence electrons. The summed E-state index contributed by atoms with van der Waals surface area (Å²) in [5, 5.41) is 26.4. The van der Waals surface area contributed by atoms with E-state index in [-0.39, 0.29) is 5.54 Å². The van der Waals surface area contributed by atoms with E-state index in [9.17, 15) is 0 Å². The molecule has 5 aliphatic rings. The lowest BCUT2D eigenvalue weighted by Crippen LogP contribution is -2.26. The number of rotatable bonds is 10. The molecule has 17 aromatic rings. The van der Waals surface area contributed by atoms with Gasteiger partial charge in [-0.15, -0.1) is 45.3 Å². The predicted molar refractivity (Wildman–Crippen MR) is 526 cm³/mol. The van der Waals surface area contributed by atoms with E-state index in [0.29, 0.717) is 35.8 Å². The molecule has 5 heterocycles. The zero-order chi connectivity index (χ0) is 82.1. The van der Waals surface area contributed by atoms with Crippen molar-refractivity contribution in [3.63, 3.8) is 0 Å². The SMILES string of the molecule is CC1=C(c2ccccc2NC(C)(C)C)c2ccc3sc4ccccc4c3c2C1C.CC1=C(c2ccccc2NC(C)C)c2ccc3sc4ccccc4c3c2C1C.CC1=C(c2ccccc2Nc2c(C)cccc2C)c2ccc3sc4ccccc4c3c2C1C.CCC1Cc2cccc(C3=C(C)C(C)c4c3ccc3sc5ccccc5c43)c2N1. The Balaban J connectivity index is 0.000000105. The van der Waals surface area contributed by atoms with Gasteiger partial charge in [0.05, 0.1) is 0 Å². The van der Waals surface area contributed by atoms with Crippen molar-refractivity contribution in [1.82, 2.24) is 0 Å². The number of hydrogen-bond donors (Lipinski definition) is 4. The van der Waals surface area contributed by atoms with Gasteiger partial charge in [0.15, 0.2) is 0 Å². The molecule has 0 amide bonds. The van der Waals surface area contributed by atoms with Crippen LogP contribution in [0.3, 0.4) is 0 Å². The summed E-state index contributed by atoms with van der Waals surface area (Å²) < 4.78 is 11.1. The second-order valence-corrected chi connectivity index (χ2v) is 39.4. The first-order chi connectivity index (χ1) is 57.6. The second-order valence-electron chi connectivity index (χ2n) is 35.1. The largest absolute Gasteiger partial charge is 0.382 e. The standard InChI is InChI=1S/C31H27NS.C27H25NS.C27H27NS.C26H25NS/c1-18-10-9-11-19(2)31(18)32-25-14-7-5-12-22(25)28-20(3)21(4)29-24(28)16-17-27-30(29)23-13-6-8-15-26(23)33-27;1-4-18-14-17-8-7-10-21(27(17)28-18)24-15(2)16(3)25-20(24)12-13-23-26(25)19-9-5-6-11-22(19)29-23;1-16-17(2)25-20(14-15-23-26(25)19-11-7-9-13-22(19)29-23)24(16)18-10-6-8-12-21(18)28-27(3,4)5;1-15(2)27-21-11-7-5-9-18(21)24-16(3)17(4)25-20(24)13-14-23-26(25)19-10-6-8-12-22(19)28-23/h5-17,21,32H,1-4H3;5-13,16,18,28H,4,14H2,1-3H3;6-15,17,28H,1-5H3;5-15,17,27H,1-4H3. The van der Waals surface area contributed by atoms with Crippen molar-refractivity contribution in [2.24, 2.45) is 0 Å². The molecule has 4 aromatic heterocycles. The molecular weight excluding hydrogens is 1520 g/mol. The zero-order valence-electron chi connectivity index (χ0n) is 71.3. The van der Waals surface area contributed by atoms with Gasteiger partial charge in [-0.3, -0.25) is 0 Å². The minimum absolute atomic E-state index is 0.0190. The minimum atomic E-state index is 0.0190. The van der Waals surface area contributed by atoms with Crippen molar-refractivity contribution in [2.45, 2.75) is 165 Å². The van der Waals surface area contributed by atoms with Gasteiger partial charge in [0.25, 0.3) is 0 Å². The maximum absolute atomic E-state index is 3.83. The van der Waals surface area contributed by atoms with Crippen LogP contribution in [0.4, 0.5) is 28.4 Å². The molecule has 0 fully saturated rings. The molecule has 0 saturated carbocycles. The molecule has 0 saturated heterocycles. The first kappa shape index (κ1) is 77.8. The number of aryl methyl sites for hydroxylation is 2. The monoisotopic (exact) mass is 1620 g/mol. The van der Waals surface area contributed by atoms with Crippen LogP contribution < -0.4 is 21.3 Å². The highest BCUT2D eigenvalue weighted by atomic mass is 32.1. The van der Waals surface area contributed by atoms with Crippen molar-refractivity contribution in [3.05, 3.63) is 361 Å². The van der Waals surface area contributed by atoms with Gasteiger partial charge in [-0.2, -0.15) is 0 Å². The number of thiophene rings is 4. The van der Waals surface area contributed by atoms with Crippen LogP contribution in [-0.2, 0) is 6.42 Å². The van der Waals surface area contributed by atoms with Crippen molar-refractivity contribution >= 4 is 177 Å². The third-order valence-corrected chi connectivity index (χ3v) is 30.9. The summed E-state index contributed by atoms with van der Waals surface area (Å²) in [4.78, 5) is 0. The van der Waals surface area contributed by atoms with Crippen LogP contribution in [0.2, 0.25) is 0 Å². The summed E-state index contributed by atoms with van der Waals surface area (Å²) in [6.07, 6.45) is 2.31. The molecule has 1 aliphatic heterocycles. The number of para-hydroxylation sites is 5. The third-order valence-electron chi connectivity index (χ3n) is 26.3. The highest BCUT2D eigenvalue weighted by Crippen LogP contribution is 2.58. The van der Waals surface area contributed by atoms with Gasteiger partial charge in [-0.05, 0) is 239 Å². The molecule has 5 unspecified atom stereocenters. The fourth-order valence-electron chi connectivity index (χ4n) is 20.3. The van der Waals surface area contributed by atoms with E-state index < -0.39 is 0 Å². The molecule has 4 nitrogen and oxygen atoms in total. The van der Waals surface area contributed by atoms with Crippen LogP contribution >= 0.6 is 45.3 Å². The minimum Gasteiger partial charge on any atom is -0.382 e. The highest BCUT2D eigenvalue weighted by molar-refractivity contribution is 7.27. The molecule has 119 heavy (non-hydrogen) atoms. The van der Waals surface area contributed by atoms with E-state index in [4.69, 9.17) is 0 Å². The van der Waals surface area contributed by atoms with Gasteiger partial charge in [0.1, 0.15) is 0 Å². The average molecular weight is 1620 g/mol. The molecule has 22 rings (SSSR count). The van der Waals surface area contributed by atoms with Gasteiger partial charge in [-0.1, -0.05) is 245 Å². The van der Waals surface area contributed by atoms with E-state index >= 15 is 0 Å². The Morgan fingerprint density at radius 1 is 0.345 bits per heavy atom. The molecule has 4 N–H and O–H groups in total. The average Bonchev–Trinajstić information content (AvgIpc) is 1.54. The summed E-state index contributed by atoms with van der Waals surface area (Å²) >= 11 is 7.64. The molecule has 13 aromatic carbocycles. The number of anilines is 5. The lowest BCUT2D eigenvalue weighted by atomic mass is 9.93. The normalized spacial score (nSPS) is 17.2. The summed E-state index contributed by atoms with van der Waals surface area (Å²) in [5.41, 5.74) is 38.6. The topological polar surface area (TPSA) is 48.1 Å². The molecule has 0 bridgehead atoms. The number of fused-ring (bicyclic) bond motifs is 21. The highest BCUT2D eigenvalue weighted by Gasteiger charge is 2.37. The lowest BCUT2D eigenvalue weighted by molar-refractivity contribution is 0.634. The Hall–Kier alpha value is -11.1. The van der Waals surface area contributed by atoms with E-state index in [2.05, 4.69) is 387 Å². The number of allylic oxidation sites excluding steroid dienone is 4. The van der Waals surface area contributed by atoms with E-state index in [1.807, 2.05) is 45.3 Å². The van der Waals surface area contributed by atoms with Crippen molar-refractivity contribution < 1.29 is 0 Å². The third kappa shape index (κ3) is 13.3. The molecule has 5 atom stereocenters. The molecule has 0 radical (unpaired) electrons. The lowest BCUT2D eigenvalue weighted by Gasteiger charge is -2.25. The summed E-state index contributed by atoms with van der Waals surface area (Å²) in [5.74, 6) is 1.69. The molecule has 0 spiro atoms. The van der Waals surface area contributed by atoms with Crippen LogP contribution in [0.5, 0.6) is 0 Å². The quantitative estimate of drug-likeness (QED) is 0.110. The van der Waals surface area contributed by atoms with Gasteiger partial charge in [-0.25, -0.2) is 0 Å². The number of benzene rings is 13. The van der Waals surface area contributed by atoms with E-state index in [1.165, 1.54) is 244 Å². The van der Waals surface area contributed by atoms with Crippen LogP contribution in [0.1, 0.15) is 210 Å². The Kier molecular flexibility index (Phi) is 20.2. The van der Waals surface area contributed by atoms with E-state index in [0.717, 1.165) is 6.42 Å². The van der Waals surface area contributed by atoms with Gasteiger partial charge in [0, 0.05) is 173 Å². The molecule has 4 aliphatic carbocycles. The predicted octanol–water partition coefficient (Wildman–Crippen LogP) is 33.1. The zero-order valence-corrected chi connectivity index (χ0v) is 74.5. The summed E-state index contributed by atoms with van der Waals surface area (Å²) in [6, 6.07) is 94.7. The maximum atomic E-state index is 3.83. The number of nitrogens with one attached hydrogen (secondary N) is 4. The van der Waals surface area contributed by atoms with Crippen LogP contribution in [-0.4, -0.2) is 17.6 Å². The Morgan fingerprint density at radius 3 is 1.04 bits per heavy atom. The Bertz CT molecular complexity index is 7110. The summed E-state index contributed by atoms with van der Waals surface area (Å²) in [7, 11) is 0. The summed E-state index contributed by atoms with van der Waals surface area (Å²) in [6.45, 7) is 36.5. The molecular formula is C111H104N4S4. The first-order valence-electron chi connectivity index (χ1n) is 42.8. The number of hydrogen-bond acceptors (Lipinski definition) is 8. The Labute approximate surface area is 717 Å². The van der Waals surface area contributed by atoms with Crippen molar-refractivity contribution in [2.75, 3.05) is 21.3 Å². The van der Waals surface area contributed by atoms with Gasteiger partial charge >= 0.3 is 0 Å². The van der Waals surface area contributed by atoms with E-state index in [1.54, 1.807) is 0 Å². The van der Waals surface area contributed by atoms with Crippen LogP contribution in [0, 0.1) is 13.8 Å². The van der Waals surface area contributed by atoms with Crippen LogP contribution in [0.25, 0.3) is 103 Å². The van der Waals surface area contributed by atoms with Crippen molar-refractivity contribution in [3.8, 4) is 0 Å². The first-order valence-corrected chi connectivity index (χ1v) is 46.0. The fourth-order valence-corrected chi connectivity index (χ4v) is 24.8. The Morgan fingerprint density at radius 2 is 0.664 bits per heavy atom. The van der Waals surface area contributed by atoms with Crippen LogP contribution in [0.15, 0.2) is 277 Å². The second kappa shape index (κ2) is 30.9. The maximum Gasteiger partial charge on any atom is 0.0464 e. The van der Waals surface area contributed by atoms with Crippen molar-refractivity contribution in [1.29, 1.82) is 0 Å². The smallest absolute Gasteiger partial charge is 0.0464 e. The van der Waals surface area contributed by atoms with Gasteiger partial charge < -0.3 is 21.3 Å². The fraction of sp³-hybridized carbons (Fsp3) is 0.225. The molecule has 8 heteroatoms. The van der Waals surface area contributed by atoms with Gasteiger partial charge in [0.2, 0.25) is 0 Å².